The van der Waals surface area contributed by atoms with E-state index in [0.29, 0.717) is 13.1 Å². The van der Waals surface area contributed by atoms with E-state index >= 15 is 0 Å². The van der Waals surface area contributed by atoms with Crippen LogP contribution >= 0.6 is 0 Å². The summed E-state index contributed by atoms with van der Waals surface area (Å²) < 4.78 is 11.0. The molecule has 1 aliphatic carbocycles. The average molecular weight is 340 g/mol. The highest BCUT2D eigenvalue weighted by molar-refractivity contribution is 5.82. The molecule has 0 amide bonds. The Morgan fingerprint density at radius 3 is 1.56 bits per heavy atom. The van der Waals surface area contributed by atoms with Crippen molar-refractivity contribution >= 4 is 0 Å². The van der Waals surface area contributed by atoms with Gasteiger partial charge in [0.2, 0.25) is 0 Å². The molecule has 3 rings (SSSR count). The van der Waals surface area contributed by atoms with Gasteiger partial charge in [-0.25, -0.2) is 0 Å². The van der Waals surface area contributed by atoms with Gasteiger partial charge in [-0.15, -0.1) is 0 Å². The number of nitrogens with two attached hydrogens (primary N) is 2. The molecule has 134 valence electrons. The minimum atomic E-state index is -0.0769. The third-order valence-electron chi connectivity index (χ3n) is 5.39. The summed E-state index contributed by atoms with van der Waals surface area (Å²) in [4.78, 5) is 0. The second-order valence-corrected chi connectivity index (χ2v) is 6.69. The summed E-state index contributed by atoms with van der Waals surface area (Å²) in [6.07, 6.45) is 3.95. The lowest BCUT2D eigenvalue weighted by molar-refractivity contribution is 0.398. The van der Waals surface area contributed by atoms with E-state index in [2.05, 4.69) is 24.3 Å². The highest BCUT2D eigenvalue weighted by Gasteiger charge is 2.42. The third-order valence-corrected chi connectivity index (χ3v) is 5.39. The number of hydrogen-bond acceptors (Lipinski definition) is 4. The van der Waals surface area contributed by atoms with Crippen molar-refractivity contribution in [2.24, 2.45) is 11.5 Å². The van der Waals surface area contributed by atoms with Crippen LogP contribution in [0.2, 0.25) is 0 Å². The van der Waals surface area contributed by atoms with E-state index in [1.54, 1.807) is 14.2 Å². The molecule has 0 heterocycles. The molecule has 4 heteroatoms. The molecule has 0 aliphatic heterocycles. The lowest BCUT2D eigenvalue weighted by atomic mass is 9.71. The minimum absolute atomic E-state index is 0.0769. The molecule has 25 heavy (non-hydrogen) atoms. The Morgan fingerprint density at radius 2 is 1.20 bits per heavy atom. The van der Waals surface area contributed by atoms with Crippen molar-refractivity contribution in [2.75, 3.05) is 27.3 Å². The molecule has 4 nitrogen and oxygen atoms in total. The summed E-state index contributed by atoms with van der Waals surface area (Å²) in [6, 6.07) is 12.8. The van der Waals surface area contributed by atoms with E-state index in [9.17, 15) is 0 Å². The minimum Gasteiger partial charge on any atom is -0.497 e. The van der Waals surface area contributed by atoms with Crippen LogP contribution in [0.4, 0.5) is 0 Å². The number of hydrogen-bond donors (Lipinski definition) is 2. The van der Waals surface area contributed by atoms with Gasteiger partial charge >= 0.3 is 0 Å². The van der Waals surface area contributed by atoms with Crippen LogP contribution < -0.4 is 20.9 Å². The molecule has 1 aliphatic rings. The topological polar surface area (TPSA) is 70.5 Å². The summed E-state index contributed by atoms with van der Waals surface area (Å²) in [5.41, 5.74) is 16.9. The summed E-state index contributed by atoms with van der Waals surface area (Å²) in [5.74, 6) is 1.78. The smallest absolute Gasteiger partial charge is 0.119 e. The molecule has 0 saturated carbocycles. The molecular formula is C21H28N2O2. The lowest BCUT2D eigenvalue weighted by Crippen LogP contribution is -2.27. The average Bonchev–Trinajstić information content (AvgIpc) is 2.93. The Labute approximate surface area is 150 Å². The number of fused-ring (bicyclic) bond motifs is 3. The predicted octanol–water partition coefficient (Wildman–Crippen LogP) is 3.45. The number of ether oxygens (including phenoxy) is 2. The van der Waals surface area contributed by atoms with E-state index in [1.165, 1.54) is 22.3 Å². The van der Waals surface area contributed by atoms with Gasteiger partial charge in [-0.1, -0.05) is 12.1 Å². The molecule has 0 spiro atoms. The summed E-state index contributed by atoms with van der Waals surface area (Å²) >= 11 is 0. The fourth-order valence-electron chi connectivity index (χ4n) is 4.18. The molecule has 0 fully saturated rings. The van der Waals surface area contributed by atoms with Gasteiger partial charge in [0.1, 0.15) is 11.5 Å². The van der Waals surface area contributed by atoms with Gasteiger partial charge in [0, 0.05) is 5.41 Å². The van der Waals surface area contributed by atoms with Gasteiger partial charge in [-0.3, -0.25) is 0 Å². The van der Waals surface area contributed by atoms with Crippen LogP contribution in [0.3, 0.4) is 0 Å². The molecule has 0 aromatic heterocycles. The Bertz CT molecular complexity index is 679. The second kappa shape index (κ2) is 7.46. The van der Waals surface area contributed by atoms with Crippen LogP contribution in [0, 0.1) is 0 Å². The zero-order chi connectivity index (χ0) is 17.9. The zero-order valence-electron chi connectivity index (χ0n) is 15.2. The maximum absolute atomic E-state index is 5.87. The van der Waals surface area contributed by atoms with Crippen molar-refractivity contribution < 1.29 is 9.47 Å². The van der Waals surface area contributed by atoms with E-state index in [1.807, 2.05) is 12.1 Å². The standard InChI is InChI=1S/C21H28N2O2/c1-24-15-5-7-17-18-8-6-16(25-2)14-20(18)21(9-3-11-22,10-4-12-23)19(17)13-15/h5-8,13-14H,3-4,9-12,22-23H2,1-2H3. The predicted molar refractivity (Wildman–Crippen MR) is 102 cm³/mol. The van der Waals surface area contributed by atoms with E-state index in [0.717, 1.165) is 37.2 Å². The normalized spacial score (nSPS) is 14.1. The van der Waals surface area contributed by atoms with Crippen molar-refractivity contribution in [3.8, 4) is 22.6 Å². The van der Waals surface area contributed by atoms with Crippen molar-refractivity contribution in [1.82, 2.24) is 0 Å². The van der Waals surface area contributed by atoms with Crippen LogP contribution in [0.25, 0.3) is 11.1 Å². The van der Waals surface area contributed by atoms with Crippen molar-refractivity contribution in [1.29, 1.82) is 0 Å². The number of benzene rings is 2. The Kier molecular flexibility index (Phi) is 5.30. The van der Waals surface area contributed by atoms with Crippen LogP contribution in [0.1, 0.15) is 36.8 Å². The highest BCUT2D eigenvalue weighted by atomic mass is 16.5. The van der Waals surface area contributed by atoms with Crippen LogP contribution in [0.5, 0.6) is 11.5 Å². The monoisotopic (exact) mass is 340 g/mol. The largest absolute Gasteiger partial charge is 0.497 e. The summed E-state index contributed by atoms with van der Waals surface area (Å²) in [6.45, 7) is 1.37. The molecule has 4 N–H and O–H groups in total. The van der Waals surface area contributed by atoms with Gasteiger partial charge in [0.15, 0.2) is 0 Å². The first kappa shape index (κ1) is 17.8. The van der Waals surface area contributed by atoms with Crippen LogP contribution in [-0.4, -0.2) is 27.3 Å². The zero-order valence-corrected chi connectivity index (χ0v) is 15.2. The first-order valence-corrected chi connectivity index (χ1v) is 8.97. The maximum Gasteiger partial charge on any atom is 0.119 e. The molecular weight excluding hydrogens is 312 g/mol. The van der Waals surface area contributed by atoms with E-state index < -0.39 is 0 Å². The van der Waals surface area contributed by atoms with Crippen molar-refractivity contribution in [2.45, 2.75) is 31.1 Å². The third kappa shape index (κ3) is 3.00. The first-order valence-electron chi connectivity index (χ1n) is 8.97. The Balaban J connectivity index is 2.23. The number of methoxy groups -OCH3 is 2. The van der Waals surface area contributed by atoms with Crippen LogP contribution in [-0.2, 0) is 5.41 Å². The van der Waals surface area contributed by atoms with Gasteiger partial charge < -0.3 is 20.9 Å². The molecule has 2 aromatic rings. The van der Waals surface area contributed by atoms with Gasteiger partial charge in [0.25, 0.3) is 0 Å². The fourth-order valence-corrected chi connectivity index (χ4v) is 4.18. The summed E-state index contributed by atoms with van der Waals surface area (Å²) in [5, 5.41) is 0. The molecule has 0 atom stereocenters. The second-order valence-electron chi connectivity index (χ2n) is 6.69. The highest BCUT2D eigenvalue weighted by Crippen LogP contribution is 2.55. The van der Waals surface area contributed by atoms with Crippen LogP contribution in [0.15, 0.2) is 36.4 Å². The molecule has 0 bridgehead atoms. The fraction of sp³-hybridized carbons (Fsp3) is 0.429. The molecule has 0 saturated heterocycles. The van der Waals surface area contributed by atoms with Crippen molar-refractivity contribution in [3.63, 3.8) is 0 Å². The molecule has 2 aromatic carbocycles. The maximum atomic E-state index is 5.87. The van der Waals surface area contributed by atoms with E-state index in [4.69, 9.17) is 20.9 Å². The number of rotatable bonds is 8. The van der Waals surface area contributed by atoms with Gasteiger partial charge in [0.05, 0.1) is 14.2 Å². The molecule has 0 unspecified atom stereocenters. The SMILES string of the molecule is COc1ccc2c(c1)C(CCCN)(CCCN)c1cc(OC)ccc1-2. The van der Waals surface area contributed by atoms with E-state index in [-0.39, 0.29) is 5.41 Å². The quantitative estimate of drug-likeness (QED) is 0.772. The lowest BCUT2D eigenvalue weighted by Gasteiger charge is -2.32. The van der Waals surface area contributed by atoms with Gasteiger partial charge in [-0.05, 0) is 85.3 Å². The van der Waals surface area contributed by atoms with Gasteiger partial charge in [-0.2, -0.15) is 0 Å². The Hall–Kier alpha value is -2.04. The van der Waals surface area contributed by atoms with Crippen molar-refractivity contribution in [3.05, 3.63) is 47.5 Å². The Morgan fingerprint density at radius 1 is 0.760 bits per heavy atom. The molecule has 0 radical (unpaired) electrons. The summed E-state index contributed by atoms with van der Waals surface area (Å²) in [7, 11) is 3.43. The first-order chi connectivity index (χ1) is 12.2.